The second kappa shape index (κ2) is 14.7. The number of hydrogen-bond donors (Lipinski definition) is 6. The highest BCUT2D eigenvalue weighted by Crippen LogP contribution is 2.06. The van der Waals surface area contributed by atoms with Crippen molar-refractivity contribution in [3.8, 4) is 0 Å². The van der Waals surface area contributed by atoms with Crippen LogP contribution in [0.2, 0.25) is 0 Å². The third-order valence-electron chi connectivity index (χ3n) is 4.83. The summed E-state index contributed by atoms with van der Waals surface area (Å²) in [4.78, 5) is 60.1. The number of thioether (sulfide) groups is 1. The molecule has 1 saturated heterocycles. The molecule has 0 spiro atoms. The second-order valence-electron chi connectivity index (χ2n) is 8.07. The smallest absolute Gasteiger partial charge is 0.326 e. The van der Waals surface area contributed by atoms with Crippen LogP contribution < -0.4 is 26.6 Å². The first-order chi connectivity index (χ1) is 15.1. The third-order valence-corrected chi connectivity index (χ3v) is 5.47. The summed E-state index contributed by atoms with van der Waals surface area (Å²) in [7, 11) is 0. The maximum atomic E-state index is 12.5. The van der Waals surface area contributed by atoms with Gasteiger partial charge < -0.3 is 31.7 Å². The third kappa shape index (κ3) is 10.8. The van der Waals surface area contributed by atoms with Crippen molar-refractivity contribution < 1.29 is 29.1 Å². The number of rotatable bonds is 14. The zero-order valence-electron chi connectivity index (χ0n) is 18.9. The molecule has 6 N–H and O–H groups in total. The molecule has 11 nitrogen and oxygen atoms in total. The molecule has 0 aromatic rings. The summed E-state index contributed by atoms with van der Waals surface area (Å²) in [5, 5.41) is 22.2. The van der Waals surface area contributed by atoms with Crippen LogP contribution in [-0.4, -0.2) is 84.5 Å². The fourth-order valence-corrected chi connectivity index (χ4v) is 3.65. The van der Waals surface area contributed by atoms with Gasteiger partial charge in [-0.05, 0) is 50.2 Å². The number of amides is 4. The van der Waals surface area contributed by atoms with Gasteiger partial charge in [0.25, 0.3) is 0 Å². The number of aliphatic carboxylic acids is 1. The van der Waals surface area contributed by atoms with Crippen molar-refractivity contribution in [1.82, 2.24) is 26.6 Å². The van der Waals surface area contributed by atoms with Crippen LogP contribution in [0.4, 0.5) is 0 Å². The van der Waals surface area contributed by atoms with Crippen LogP contribution in [-0.2, 0) is 24.0 Å². The predicted octanol–water partition coefficient (Wildman–Crippen LogP) is -1.18. The first kappa shape index (κ1) is 27.7. The maximum absolute atomic E-state index is 12.5. The number of hydrogen-bond acceptors (Lipinski definition) is 7. The van der Waals surface area contributed by atoms with Crippen LogP contribution >= 0.6 is 11.8 Å². The summed E-state index contributed by atoms with van der Waals surface area (Å²) in [5.74, 6) is -2.43. The van der Waals surface area contributed by atoms with Crippen molar-refractivity contribution in [3.63, 3.8) is 0 Å². The van der Waals surface area contributed by atoms with Gasteiger partial charge in [-0.3, -0.25) is 19.2 Å². The molecule has 0 bridgehead atoms. The molecule has 4 amide bonds. The molecule has 1 fully saturated rings. The SMILES string of the molecule is CSCC[C@H](NC(=O)CNC(=O)[C@H](CC(C)C)NC(=O)CNC(=O)[C@@H]1CCCN1)C(=O)O. The highest BCUT2D eigenvalue weighted by Gasteiger charge is 2.25. The molecule has 12 heteroatoms. The van der Waals surface area contributed by atoms with E-state index in [2.05, 4.69) is 26.6 Å². The largest absolute Gasteiger partial charge is 0.480 e. The van der Waals surface area contributed by atoms with E-state index in [4.69, 9.17) is 0 Å². The van der Waals surface area contributed by atoms with E-state index in [0.717, 1.165) is 13.0 Å². The molecule has 0 aliphatic carbocycles. The topological polar surface area (TPSA) is 166 Å². The van der Waals surface area contributed by atoms with Gasteiger partial charge in [0.15, 0.2) is 0 Å². The van der Waals surface area contributed by atoms with E-state index in [0.29, 0.717) is 18.6 Å². The van der Waals surface area contributed by atoms with E-state index in [9.17, 15) is 29.1 Å². The fourth-order valence-electron chi connectivity index (χ4n) is 3.18. The predicted molar refractivity (Wildman–Crippen MR) is 121 cm³/mol. The Bertz CT molecular complexity index is 669. The average Bonchev–Trinajstić information content (AvgIpc) is 3.27. The molecule has 0 aromatic carbocycles. The minimum Gasteiger partial charge on any atom is -0.480 e. The van der Waals surface area contributed by atoms with Gasteiger partial charge in [0, 0.05) is 0 Å². The molecular formula is C20H35N5O6S. The lowest BCUT2D eigenvalue weighted by Gasteiger charge is -2.21. The summed E-state index contributed by atoms with van der Waals surface area (Å²) in [6.45, 7) is 3.87. The Kier molecular flexibility index (Phi) is 12.7. The lowest BCUT2D eigenvalue weighted by Crippen LogP contribution is -2.53. The Labute approximate surface area is 192 Å². The Morgan fingerprint density at radius 3 is 2.19 bits per heavy atom. The quantitative estimate of drug-likeness (QED) is 0.183. The van der Waals surface area contributed by atoms with Gasteiger partial charge in [0.05, 0.1) is 19.1 Å². The van der Waals surface area contributed by atoms with Crippen LogP contribution in [0, 0.1) is 5.92 Å². The van der Waals surface area contributed by atoms with E-state index in [-0.39, 0.29) is 30.8 Å². The molecule has 0 unspecified atom stereocenters. The number of nitrogens with one attached hydrogen (secondary N) is 5. The van der Waals surface area contributed by atoms with Crippen molar-refractivity contribution in [2.45, 2.75) is 57.7 Å². The normalized spacial score (nSPS) is 17.3. The van der Waals surface area contributed by atoms with Crippen molar-refractivity contribution in [2.24, 2.45) is 5.92 Å². The molecule has 1 heterocycles. The fraction of sp³-hybridized carbons (Fsp3) is 0.750. The summed E-state index contributed by atoms with van der Waals surface area (Å²) < 4.78 is 0. The minimum absolute atomic E-state index is 0.0834. The molecule has 1 rings (SSSR count). The van der Waals surface area contributed by atoms with Gasteiger partial charge in [0.1, 0.15) is 12.1 Å². The van der Waals surface area contributed by atoms with E-state index in [1.54, 1.807) is 0 Å². The van der Waals surface area contributed by atoms with Crippen molar-refractivity contribution in [1.29, 1.82) is 0 Å². The van der Waals surface area contributed by atoms with Crippen LogP contribution in [0.25, 0.3) is 0 Å². The Hall–Kier alpha value is -2.34. The van der Waals surface area contributed by atoms with Gasteiger partial charge in [0.2, 0.25) is 23.6 Å². The lowest BCUT2D eigenvalue weighted by atomic mass is 10.0. The van der Waals surface area contributed by atoms with E-state index < -0.39 is 42.3 Å². The van der Waals surface area contributed by atoms with Crippen LogP contribution in [0.1, 0.15) is 39.5 Å². The Morgan fingerprint density at radius 1 is 1.03 bits per heavy atom. The summed E-state index contributed by atoms with van der Waals surface area (Å²) in [6, 6.07) is -2.22. The number of carbonyl (C=O) groups is 5. The molecule has 1 aliphatic heterocycles. The van der Waals surface area contributed by atoms with Crippen LogP contribution in [0.3, 0.4) is 0 Å². The molecule has 0 aromatic heterocycles. The van der Waals surface area contributed by atoms with Gasteiger partial charge in [-0.25, -0.2) is 4.79 Å². The minimum atomic E-state index is -1.14. The first-order valence-electron chi connectivity index (χ1n) is 10.7. The Morgan fingerprint density at radius 2 is 1.66 bits per heavy atom. The number of carbonyl (C=O) groups excluding carboxylic acids is 4. The summed E-state index contributed by atoms with van der Waals surface area (Å²) in [6.07, 6.45) is 4.06. The van der Waals surface area contributed by atoms with Crippen molar-refractivity contribution >= 4 is 41.4 Å². The molecule has 0 radical (unpaired) electrons. The highest BCUT2D eigenvalue weighted by atomic mass is 32.2. The molecular weight excluding hydrogens is 438 g/mol. The zero-order chi connectivity index (χ0) is 24.1. The van der Waals surface area contributed by atoms with Gasteiger partial charge >= 0.3 is 5.97 Å². The lowest BCUT2D eigenvalue weighted by molar-refractivity contribution is -0.141. The van der Waals surface area contributed by atoms with Crippen LogP contribution in [0.5, 0.6) is 0 Å². The number of carboxylic acids is 1. The average molecular weight is 474 g/mol. The number of carboxylic acid groups (broad SMARTS) is 1. The summed E-state index contributed by atoms with van der Waals surface area (Å²) >= 11 is 1.47. The van der Waals surface area contributed by atoms with Gasteiger partial charge in [-0.15, -0.1) is 0 Å². The monoisotopic (exact) mass is 473 g/mol. The molecule has 182 valence electrons. The van der Waals surface area contributed by atoms with E-state index in [1.807, 2.05) is 20.1 Å². The summed E-state index contributed by atoms with van der Waals surface area (Å²) in [5.41, 5.74) is 0. The standard InChI is InChI=1S/C20H35N5O6S/c1-12(2)9-15(25-17(27)11-22-18(28)13-5-4-7-21-13)19(29)23-10-16(26)24-14(20(30)31)6-8-32-3/h12-15,21H,4-11H2,1-3H3,(H,22,28)(H,23,29)(H,24,26)(H,25,27)(H,30,31)/t13-,14-,15-/m0/s1. The second-order valence-corrected chi connectivity index (χ2v) is 9.06. The van der Waals surface area contributed by atoms with Crippen molar-refractivity contribution in [3.05, 3.63) is 0 Å². The van der Waals surface area contributed by atoms with E-state index >= 15 is 0 Å². The van der Waals surface area contributed by atoms with Crippen molar-refractivity contribution in [2.75, 3.05) is 31.6 Å². The Balaban J connectivity index is 2.52. The highest BCUT2D eigenvalue weighted by molar-refractivity contribution is 7.98. The first-order valence-corrected chi connectivity index (χ1v) is 12.1. The molecule has 3 atom stereocenters. The molecule has 0 saturated carbocycles. The zero-order valence-corrected chi connectivity index (χ0v) is 19.7. The van der Waals surface area contributed by atoms with E-state index in [1.165, 1.54) is 11.8 Å². The van der Waals surface area contributed by atoms with Gasteiger partial charge in [-0.2, -0.15) is 11.8 Å². The maximum Gasteiger partial charge on any atom is 0.326 e. The molecule has 32 heavy (non-hydrogen) atoms. The molecule has 1 aliphatic rings. The van der Waals surface area contributed by atoms with Gasteiger partial charge in [-0.1, -0.05) is 13.8 Å². The van der Waals surface area contributed by atoms with Crippen LogP contribution in [0.15, 0.2) is 0 Å².